The Labute approximate surface area is 100.0 Å². The fourth-order valence-corrected chi connectivity index (χ4v) is 2.03. The van der Waals surface area contributed by atoms with Gasteiger partial charge in [0.05, 0.1) is 28.4 Å². The summed E-state index contributed by atoms with van der Waals surface area (Å²) in [5, 5.41) is 12.7. The molecule has 1 saturated carbocycles. The molecule has 0 saturated heterocycles. The van der Waals surface area contributed by atoms with E-state index in [4.69, 9.17) is 21.6 Å². The Balaban J connectivity index is 1.98. The maximum absolute atomic E-state index is 8.71. The lowest BCUT2D eigenvalue weighted by atomic mass is 9.89. The van der Waals surface area contributed by atoms with Crippen LogP contribution in [0.1, 0.15) is 18.4 Å². The number of anilines is 1. The minimum atomic E-state index is 0.370. The van der Waals surface area contributed by atoms with Gasteiger partial charge in [-0.1, -0.05) is 11.6 Å². The van der Waals surface area contributed by atoms with Crippen LogP contribution >= 0.6 is 11.6 Å². The summed E-state index contributed by atoms with van der Waals surface area (Å²) in [5.74, 6) is 0. The molecule has 0 unspecified atom stereocenters. The summed E-state index contributed by atoms with van der Waals surface area (Å²) in [6.07, 6.45) is 2.38. The van der Waals surface area contributed by atoms with E-state index >= 15 is 0 Å². The zero-order chi connectivity index (χ0) is 11.5. The number of nitrogens with zero attached hydrogens (tertiary/aromatic N) is 1. The summed E-state index contributed by atoms with van der Waals surface area (Å²) < 4.78 is 5.20. The Morgan fingerprint density at radius 2 is 2.25 bits per heavy atom. The number of hydrogen-bond donors (Lipinski definition) is 1. The Morgan fingerprint density at radius 3 is 2.81 bits per heavy atom. The molecule has 4 heteroatoms. The highest BCUT2D eigenvalue weighted by atomic mass is 35.5. The molecule has 0 aliphatic heterocycles. The average Bonchev–Trinajstić information content (AvgIpc) is 2.24. The number of methoxy groups -OCH3 is 1. The summed E-state index contributed by atoms with van der Waals surface area (Å²) >= 11 is 6.06. The molecule has 1 aliphatic carbocycles. The molecule has 0 amide bonds. The second-order valence-corrected chi connectivity index (χ2v) is 4.38. The van der Waals surface area contributed by atoms with Gasteiger partial charge in [0.25, 0.3) is 0 Å². The number of benzene rings is 1. The van der Waals surface area contributed by atoms with Gasteiger partial charge in [0.2, 0.25) is 0 Å². The number of ether oxygens (including phenoxy) is 1. The van der Waals surface area contributed by atoms with Crippen LogP contribution in [0.25, 0.3) is 0 Å². The monoisotopic (exact) mass is 236 g/mol. The molecule has 1 aromatic carbocycles. The third-order valence-electron chi connectivity index (χ3n) is 2.89. The number of hydrogen-bond acceptors (Lipinski definition) is 3. The highest BCUT2D eigenvalue weighted by molar-refractivity contribution is 6.33. The molecule has 0 spiro atoms. The fraction of sp³-hybridized carbons (Fsp3) is 0.417. The van der Waals surface area contributed by atoms with Crippen molar-refractivity contribution in [2.24, 2.45) is 0 Å². The molecule has 1 fully saturated rings. The van der Waals surface area contributed by atoms with E-state index in [2.05, 4.69) is 11.4 Å². The molecule has 16 heavy (non-hydrogen) atoms. The minimum absolute atomic E-state index is 0.370. The standard InChI is InChI=1S/C12H13ClN2O/c1-16-10-5-9(6-10)15-12-3-2-8(7-14)4-11(12)13/h2-4,9-10,15H,5-6H2,1H3. The van der Waals surface area contributed by atoms with Crippen molar-refractivity contribution in [1.29, 1.82) is 5.26 Å². The molecule has 1 N–H and O–H groups in total. The number of nitriles is 1. The molecular weight excluding hydrogens is 224 g/mol. The van der Waals surface area contributed by atoms with Gasteiger partial charge in [-0.3, -0.25) is 0 Å². The van der Waals surface area contributed by atoms with Crippen LogP contribution < -0.4 is 5.32 Å². The summed E-state index contributed by atoms with van der Waals surface area (Å²) in [6, 6.07) is 7.78. The molecule has 1 aromatic rings. The first-order valence-electron chi connectivity index (χ1n) is 5.22. The van der Waals surface area contributed by atoms with Crippen LogP contribution in [0.2, 0.25) is 5.02 Å². The largest absolute Gasteiger partial charge is 0.381 e. The zero-order valence-corrected chi connectivity index (χ0v) is 9.79. The summed E-state index contributed by atoms with van der Waals surface area (Å²) in [7, 11) is 1.73. The van der Waals surface area contributed by atoms with Crippen LogP contribution in [0.4, 0.5) is 5.69 Å². The van der Waals surface area contributed by atoms with Crippen molar-refractivity contribution in [1.82, 2.24) is 0 Å². The van der Waals surface area contributed by atoms with Crippen molar-refractivity contribution >= 4 is 17.3 Å². The quantitative estimate of drug-likeness (QED) is 0.878. The lowest BCUT2D eigenvalue weighted by Crippen LogP contribution is -2.40. The second-order valence-electron chi connectivity index (χ2n) is 3.98. The fourth-order valence-electron chi connectivity index (χ4n) is 1.80. The molecule has 3 nitrogen and oxygen atoms in total. The Kier molecular flexibility index (Phi) is 3.33. The summed E-state index contributed by atoms with van der Waals surface area (Å²) in [5.41, 5.74) is 1.47. The first-order valence-corrected chi connectivity index (χ1v) is 5.59. The predicted molar refractivity (Wildman–Crippen MR) is 63.6 cm³/mol. The summed E-state index contributed by atoms with van der Waals surface area (Å²) in [6.45, 7) is 0. The highest BCUT2D eigenvalue weighted by Gasteiger charge is 2.29. The van der Waals surface area contributed by atoms with Gasteiger partial charge in [-0.15, -0.1) is 0 Å². The van der Waals surface area contributed by atoms with E-state index in [0.29, 0.717) is 22.7 Å². The van der Waals surface area contributed by atoms with Crippen LogP contribution in [-0.4, -0.2) is 19.3 Å². The Morgan fingerprint density at radius 1 is 1.50 bits per heavy atom. The maximum atomic E-state index is 8.71. The lowest BCUT2D eigenvalue weighted by Gasteiger charge is -2.35. The summed E-state index contributed by atoms with van der Waals surface area (Å²) in [4.78, 5) is 0. The van der Waals surface area contributed by atoms with Crippen molar-refractivity contribution in [3.05, 3.63) is 28.8 Å². The van der Waals surface area contributed by atoms with E-state index in [0.717, 1.165) is 18.5 Å². The van der Waals surface area contributed by atoms with Crippen LogP contribution in [0, 0.1) is 11.3 Å². The molecule has 0 heterocycles. The minimum Gasteiger partial charge on any atom is -0.381 e. The van der Waals surface area contributed by atoms with E-state index in [1.54, 1.807) is 19.2 Å². The van der Waals surface area contributed by atoms with E-state index in [1.165, 1.54) is 0 Å². The van der Waals surface area contributed by atoms with Crippen molar-refractivity contribution in [2.75, 3.05) is 12.4 Å². The van der Waals surface area contributed by atoms with E-state index in [9.17, 15) is 0 Å². The first kappa shape index (κ1) is 11.3. The third kappa shape index (κ3) is 2.29. The van der Waals surface area contributed by atoms with E-state index in [-0.39, 0.29) is 0 Å². The van der Waals surface area contributed by atoms with Crippen molar-refractivity contribution in [3.8, 4) is 6.07 Å². The number of halogens is 1. The van der Waals surface area contributed by atoms with Gasteiger partial charge >= 0.3 is 0 Å². The molecular formula is C12H13ClN2O. The topological polar surface area (TPSA) is 45.0 Å². The van der Waals surface area contributed by atoms with Gasteiger partial charge in [-0.25, -0.2) is 0 Å². The average molecular weight is 237 g/mol. The zero-order valence-electron chi connectivity index (χ0n) is 9.03. The number of rotatable bonds is 3. The van der Waals surface area contributed by atoms with Gasteiger partial charge in [0.1, 0.15) is 0 Å². The van der Waals surface area contributed by atoms with Crippen LogP contribution in [0.3, 0.4) is 0 Å². The molecule has 0 atom stereocenters. The van der Waals surface area contributed by atoms with E-state index in [1.807, 2.05) is 6.07 Å². The highest BCUT2D eigenvalue weighted by Crippen LogP contribution is 2.30. The molecule has 2 rings (SSSR count). The Hall–Kier alpha value is -1.24. The van der Waals surface area contributed by atoms with Crippen molar-refractivity contribution in [3.63, 3.8) is 0 Å². The smallest absolute Gasteiger partial charge is 0.0992 e. The normalized spacial score (nSPS) is 23.3. The second kappa shape index (κ2) is 4.73. The maximum Gasteiger partial charge on any atom is 0.0992 e. The van der Waals surface area contributed by atoms with Gasteiger partial charge in [0.15, 0.2) is 0 Å². The van der Waals surface area contributed by atoms with Crippen LogP contribution in [-0.2, 0) is 4.74 Å². The lowest BCUT2D eigenvalue weighted by molar-refractivity contribution is 0.0329. The van der Waals surface area contributed by atoms with Gasteiger partial charge in [-0.2, -0.15) is 5.26 Å². The van der Waals surface area contributed by atoms with Crippen molar-refractivity contribution < 1.29 is 4.74 Å². The van der Waals surface area contributed by atoms with Gasteiger partial charge in [-0.05, 0) is 31.0 Å². The van der Waals surface area contributed by atoms with Gasteiger partial charge in [0, 0.05) is 13.2 Å². The molecule has 84 valence electrons. The molecule has 0 radical (unpaired) electrons. The third-order valence-corrected chi connectivity index (χ3v) is 3.20. The predicted octanol–water partition coefficient (Wildman–Crippen LogP) is 2.80. The molecule has 1 aliphatic rings. The van der Waals surface area contributed by atoms with Crippen LogP contribution in [0.15, 0.2) is 18.2 Å². The SMILES string of the molecule is COC1CC(Nc2ccc(C#N)cc2Cl)C1. The first-order chi connectivity index (χ1) is 7.72. The number of nitrogens with one attached hydrogen (secondary N) is 1. The van der Waals surface area contributed by atoms with Crippen molar-refractivity contribution in [2.45, 2.75) is 25.0 Å². The molecule has 0 aromatic heterocycles. The van der Waals surface area contributed by atoms with Crippen LogP contribution in [0.5, 0.6) is 0 Å². The van der Waals surface area contributed by atoms with E-state index < -0.39 is 0 Å². The van der Waals surface area contributed by atoms with Gasteiger partial charge < -0.3 is 10.1 Å². The molecule has 0 bridgehead atoms. The Bertz CT molecular complexity index is 422.